The molecular weight excluding hydrogens is 248 g/mol. The lowest BCUT2D eigenvalue weighted by Gasteiger charge is -2.08. The van der Waals surface area contributed by atoms with Gasteiger partial charge in [0.15, 0.2) is 5.78 Å². The van der Waals surface area contributed by atoms with E-state index in [1.165, 1.54) is 0 Å². The first kappa shape index (κ1) is 11.3. The Morgan fingerprint density at radius 1 is 1.17 bits per heavy atom. The van der Waals surface area contributed by atoms with Gasteiger partial charge in [-0.2, -0.15) is 0 Å². The lowest BCUT2D eigenvalue weighted by Crippen LogP contribution is -2.03. The lowest BCUT2D eigenvalue weighted by atomic mass is 10.00. The van der Waals surface area contributed by atoms with E-state index >= 15 is 0 Å². The fraction of sp³-hybridized carbons (Fsp3) is 0.133. The van der Waals surface area contributed by atoms with Crippen molar-refractivity contribution in [3.05, 3.63) is 64.2 Å². The Bertz CT molecular complexity index is 605. The molecule has 0 saturated carbocycles. The van der Waals surface area contributed by atoms with Crippen LogP contribution >= 0.6 is 11.6 Å². The third kappa shape index (κ3) is 1.89. The molecule has 3 heteroatoms. The summed E-state index contributed by atoms with van der Waals surface area (Å²) in [5.74, 6) is 0.643. The molecule has 0 unspecified atom stereocenters. The Morgan fingerprint density at radius 3 is 2.72 bits per heavy atom. The van der Waals surface area contributed by atoms with Crippen LogP contribution in [0, 0.1) is 0 Å². The third-order valence-corrected chi connectivity index (χ3v) is 3.25. The van der Waals surface area contributed by atoms with E-state index in [0.717, 1.165) is 12.0 Å². The first-order chi connectivity index (χ1) is 8.75. The predicted molar refractivity (Wildman–Crippen MR) is 70.5 cm³/mol. The molecule has 0 saturated heterocycles. The van der Waals surface area contributed by atoms with E-state index in [1.54, 1.807) is 18.2 Å². The van der Waals surface area contributed by atoms with Crippen molar-refractivity contribution in [1.29, 1.82) is 0 Å². The van der Waals surface area contributed by atoms with E-state index < -0.39 is 0 Å². The summed E-state index contributed by atoms with van der Waals surface area (Å²) in [6.07, 6.45) is 0.810. The summed E-state index contributed by atoms with van der Waals surface area (Å²) in [4.78, 5) is 12.4. The van der Waals surface area contributed by atoms with Gasteiger partial charge in [-0.15, -0.1) is 0 Å². The minimum absolute atomic E-state index is 0.0451. The number of carbonyl (C=O) groups excluding carboxylic acids is 1. The van der Waals surface area contributed by atoms with Crippen molar-refractivity contribution in [2.75, 3.05) is 6.61 Å². The van der Waals surface area contributed by atoms with Crippen molar-refractivity contribution in [2.45, 2.75) is 6.42 Å². The zero-order chi connectivity index (χ0) is 12.5. The van der Waals surface area contributed by atoms with E-state index in [-0.39, 0.29) is 5.78 Å². The summed E-state index contributed by atoms with van der Waals surface area (Å²) in [6, 6.07) is 12.7. The van der Waals surface area contributed by atoms with Gasteiger partial charge in [0.05, 0.1) is 12.2 Å². The van der Waals surface area contributed by atoms with Gasteiger partial charge in [-0.1, -0.05) is 41.9 Å². The topological polar surface area (TPSA) is 26.3 Å². The van der Waals surface area contributed by atoms with Gasteiger partial charge in [-0.25, -0.2) is 0 Å². The van der Waals surface area contributed by atoms with Gasteiger partial charge in [0, 0.05) is 17.0 Å². The van der Waals surface area contributed by atoms with E-state index in [9.17, 15) is 4.79 Å². The van der Waals surface area contributed by atoms with E-state index in [1.807, 2.05) is 24.3 Å². The van der Waals surface area contributed by atoms with Gasteiger partial charge < -0.3 is 4.74 Å². The normalized spacial score (nSPS) is 12.9. The summed E-state index contributed by atoms with van der Waals surface area (Å²) in [5, 5.41) is 0.582. The third-order valence-electron chi connectivity index (χ3n) is 3.03. The molecule has 0 N–H and O–H groups in total. The summed E-state index contributed by atoms with van der Waals surface area (Å²) in [6.45, 7) is 0.616. The minimum atomic E-state index is -0.0451. The smallest absolute Gasteiger partial charge is 0.196 e. The van der Waals surface area contributed by atoms with Crippen molar-refractivity contribution in [3.8, 4) is 5.75 Å². The lowest BCUT2D eigenvalue weighted by molar-refractivity contribution is 0.103. The molecule has 0 atom stereocenters. The number of fused-ring (bicyclic) bond motifs is 1. The number of carbonyl (C=O) groups is 1. The van der Waals surface area contributed by atoms with Gasteiger partial charge >= 0.3 is 0 Å². The molecular formula is C15H11ClO2. The Balaban J connectivity index is 2.10. The summed E-state index contributed by atoms with van der Waals surface area (Å²) in [5.41, 5.74) is 2.22. The molecule has 18 heavy (non-hydrogen) atoms. The highest BCUT2D eigenvalue weighted by Gasteiger charge is 2.22. The second-order valence-corrected chi connectivity index (χ2v) is 4.67. The number of halogens is 1. The highest BCUT2D eigenvalue weighted by molar-refractivity contribution is 6.31. The average Bonchev–Trinajstić information content (AvgIpc) is 2.86. The van der Waals surface area contributed by atoms with Gasteiger partial charge in [-0.3, -0.25) is 4.79 Å². The van der Waals surface area contributed by atoms with Crippen LogP contribution in [0.15, 0.2) is 42.5 Å². The molecule has 1 aliphatic rings. The molecule has 0 radical (unpaired) electrons. The number of ketones is 1. The summed E-state index contributed by atoms with van der Waals surface area (Å²) < 4.78 is 5.55. The molecule has 0 spiro atoms. The summed E-state index contributed by atoms with van der Waals surface area (Å²) >= 11 is 6.05. The Hall–Kier alpha value is -1.80. The van der Waals surface area contributed by atoms with Gasteiger partial charge in [0.2, 0.25) is 0 Å². The van der Waals surface area contributed by atoms with Gasteiger partial charge in [-0.05, 0) is 17.7 Å². The molecule has 0 bridgehead atoms. The minimum Gasteiger partial charge on any atom is -0.492 e. The van der Waals surface area contributed by atoms with Crippen LogP contribution in [0.1, 0.15) is 21.5 Å². The van der Waals surface area contributed by atoms with E-state index in [0.29, 0.717) is 28.5 Å². The molecule has 90 valence electrons. The maximum absolute atomic E-state index is 12.4. The molecule has 0 fully saturated rings. The average molecular weight is 259 g/mol. The molecule has 1 aliphatic heterocycles. The molecule has 0 amide bonds. The second-order valence-electron chi connectivity index (χ2n) is 4.24. The van der Waals surface area contributed by atoms with E-state index in [2.05, 4.69) is 0 Å². The Morgan fingerprint density at radius 2 is 1.94 bits per heavy atom. The quantitative estimate of drug-likeness (QED) is 0.771. The SMILES string of the molecule is O=C(c1ccccc1)c1cc(Cl)cc2c1OCC2. The van der Waals surface area contributed by atoms with E-state index in [4.69, 9.17) is 16.3 Å². The number of ether oxygens (including phenoxy) is 1. The maximum Gasteiger partial charge on any atom is 0.196 e. The van der Waals surface area contributed by atoms with Crippen LogP contribution in [0.2, 0.25) is 5.02 Å². The zero-order valence-electron chi connectivity index (χ0n) is 9.65. The molecule has 0 aromatic heterocycles. The number of benzene rings is 2. The van der Waals surface area contributed by atoms with Gasteiger partial charge in [0.1, 0.15) is 5.75 Å². The second kappa shape index (κ2) is 4.46. The molecule has 2 nitrogen and oxygen atoms in total. The van der Waals surface area contributed by atoms with Crippen molar-refractivity contribution in [3.63, 3.8) is 0 Å². The van der Waals surface area contributed by atoms with Crippen LogP contribution in [0.3, 0.4) is 0 Å². The van der Waals surface area contributed by atoms with Crippen LogP contribution < -0.4 is 4.74 Å². The maximum atomic E-state index is 12.4. The number of hydrogen-bond acceptors (Lipinski definition) is 2. The van der Waals surface area contributed by atoms with Crippen molar-refractivity contribution in [2.24, 2.45) is 0 Å². The number of rotatable bonds is 2. The highest BCUT2D eigenvalue weighted by Crippen LogP contribution is 2.34. The number of hydrogen-bond donors (Lipinski definition) is 0. The van der Waals surface area contributed by atoms with Crippen LogP contribution in [0.5, 0.6) is 5.75 Å². The standard InChI is InChI=1S/C15H11ClO2/c16-12-8-11-6-7-18-15(11)13(9-12)14(17)10-4-2-1-3-5-10/h1-5,8-9H,6-7H2. The molecule has 1 heterocycles. The Labute approximate surface area is 110 Å². The molecule has 0 aliphatic carbocycles. The fourth-order valence-corrected chi connectivity index (χ4v) is 2.42. The van der Waals surface area contributed by atoms with Crippen LogP contribution in [0.4, 0.5) is 0 Å². The van der Waals surface area contributed by atoms with Crippen molar-refractivity contribution in [1.82, 2.24) is 0 Å². The van der Waals surface area contributed by atoms with Crippen LogP contribution in [-0.2, 0) is 6.42 Å². The van der Waals surface area contributed by atoms with Crippen LogP contribution in [-0.4, -0.2) is 12.4 Å². The molecule has 2 aromatic rings. The monoisotopic (exact) mass is 258 g/mol. The largest absolute Gasteiger partial charge is 0.492 e. The van der Waals surface area contributed by atoms with Crippen molar-refractivity contribution < 1.29 is 9.53 Å². The molecule has 3 rings (SSSR count). The van der Waals surface area contributed by atoms with Crippen molar-refractivity contribution >= 4 is 17.4 Å². The zero-order valence-corrected chi connectivity index (χ0v) is 10.4. The van der Waals surface area contributed by atoms with Crippen LogP contribution in [0.25, 0.3) is 0 Å². The highest BCUT2D eigenvalue weighted by atomic mass is 35.5. The Kier molecular flexibility index (Phi) is 2.80. The summed E-state index contributed by atoms with van der Waals surface area (Å²) in [7, 11) is 0. The fourth-order valence-electron chi connectivity index (χ4n) is 2.18. The predicted octanol–water partition coefficient (Wildman–Crippen LogP) is 3.51. The first-order valence-corrected chi connectivity index (χ1v) is 6.18. The molecule has 2 aromatic carbocycles. The first-order valence-electron chi connectivity index (χ1n) is 5.80. The van der Waals surface area contributed by atoms with Gasteiger partial charge in [0.25, 0.3) is 0 Å².